The van der Waals surface area contributed by atoms with Crippen molar-refractivity contribution < 1.29 is 14.3 Å². The van der Waals surface area contributed by atoms with Crippen LogP contribution in [0, 0.1) is 0 Å². The first kappa shape index (κ1) is 15.9. The third kappa shape index (κ3) is 3.29. The van der Waals surface area contributed by atoms with Crippen LogP contribution in [0.3, 0.4) is 0 Å². The summed E-state index contributed by atoms with van der Waals surface area (Å²) in [5, 5.41) is 12.3. The molecule has 2 heterocycles. The summed E-state index contributed by atoms with van der Waals surface area (Å²) in [7, 11) is 0. The van der Waals surface area contributed by atoms with E-state index in [0.29, 0.717) is 40.4 Å². The summed E-state index contributed by atoms with van der Waals surface area (Å²) in [4.78, 5) is 12.5. The summed E-state index contributed by atoms with van der Waals surface area (Å²) in [5.41, 5.74) is 1.31. The molecule has 1 aromatic heterocycles. The Morgan fingerprint density at radius 2 is 1.92 bits per heavy atom. The van der Waals surface area contributed by atoms with Crippen molar-refractivity contribution in [2.45, 2.75) is 0 Å². The van der Waals surface area contributed by atoms with E-state index >= 15 is 0 Å². The Balaban J connectivity index is 1.55. The third-order valence-corrected chi connectivity index (χ3v) is 4.69. The molecule has 0 atom stereocenters. The van der Waals surface area contributed by atoms with E-state index in [2.05, 4.69) is 15.5 Å². The maximum absolute atomic E-state index is 12.5. The van der Waals surface area contributed by atoms with Gasteiger partial charge in [0, 0.05) is 11.1 Å². The SMILES string of the molecule is O=C(Nc1nnc(-c2ccccc2)s1)c1cc(Cl)c2c(c1)OCCO2. The second-order valence-electron chi connectivity index (χ2n) is 5.21. The van der Waals surface area contributed by atoms with Crippen molar-refractivity contribution in [2.75, 3.05) is 18.5 Å². The van der Waals surface area contributed by atoms with Crippen LogP contribution in [-0.4, -0.2) is 29.3 Å². The Morgan fingerprint density at radius 1 is 1.12 bits per heavy atom. The zero-order valence-corrected chi connectivity index (χ0v) is 14.4. The minimum atomic E-state index is -0.338. The lowest BCUT2D eigenvalue weighted by Crippen LogP contribution is -2.17. The first-order valence-corrected chi connectivity index (χ1v) is 8.69. The van der Waals surface area contributed by atoms with Crippen molar-refractivity contribution in [3.05, 3.63) is 53.1 Å². The number of nitrogens with zero attached hydrogens (tertiary/aromatic N) is 2. The Hall–Kier alpha value is -2.64. The summed E-state index contributed by atoms with van der Waals surface area (Å²) < 4.78 is 10.9. The number of anilines is 1. The van der Waals surface area contributed by atoms with Crippen molar-refractivity contribution in [3.63, 3.8) is 0 Å². The third-order valence-electron chi connectivity index (χ3n) is 3.53. The Labute approximate surface area is 152 Å². The van der Waals surface area contributed by atoms with E-state index in [1.54, 1.807) is 12.1 Å². The Bertz CT molecular complexity index is 930. The number of rotatable bonds is 3. The predicted molar refractivity (Wildman–Crippen MR) is 95.7 cm³/mol. The molecule has 3 aromatic rings. The molecule has 0 spiro atoms. The molecule has 1 aliphatic rings. The van der Waals surface area contributed by atoms with Gasteiger partial charge >= 0.3 is 0 Å². The lowest BCUT2D eigenvalue weighted by Gasteiger charge is -2.20. The van der Waals surface area contributed by atoms with Crippen LogP contribution in [0.5, 0.6) is 11.5 Å². The van der Waals surface area contributed by atoms with Crippen LogP contribution in [0.2, 0.25) is 5.02 Å². The standard InChI is InChI=1S/C17H12ClN3O3S/c18-12-8-11(9-13-14(12)24-7-6-23-13)15(22)19-17-21-20-16(25-17)10-4-2-1-3-5-10/h1-5,8-9H,6-7H2,(H,19,21,22). The minimum absolute atomic E-state index is 0.338. The number of nitrogens with one attached hydrogen (secondary N) is 1. The largest absolute Gasteiger partial charge is 0.486 e. The van der Waals surface area contributed by atoms with E-state index in [1.807, 2.05) is 30.3 Å². The Kier molecular flexibility index (Phi) is 4.25. The number of amides is 1. The van der Waals surface area contributed by atoms with Gasteiger partial charge in [-0.2, -0.15) is 0 Å². The summed E-state index contributed by atoms with van der Waals surface area (Å²) in [6.45, 7) is 0.858. The van der Waals surface area contributed by atoms with E-state index in [0.717, 1.165) is 10.6 Å². The lowest BCUT2D eigenvalue weighted by molar-refractivity contribution is 0.102. The van der Waals surface area contributed by atoms with E-state index < -0.39 is 0 Å². The topological polar surface area (TPSA) is 73.3 Å². The van der Waals surface area contributed by atoms with Crippen LogP contribution in [0.1, 0.15) is 10.4 Å². The fourth-order valence-electron chi connectivity index (χ4n) is 2.38. The van der Waals surface area contributed by atoms with Crippen LogP contribution in [0.25, 0.3) is 10.6 Å². The van der Waals surface area contributed by atoms with Gasteiger partial charge in [-0.15, -0.1) is 10.2 Å². The summed E-state index contributed by atoms with van der Waals surface area (Å²) in [6, 6.07) is 12.8. The van der Waals surface area contributed by atoms with Gasteiger partial charge in [-0.1, -0.05) is 53.3 Å². The van der Waals surface area contributed by atoms with Gasteiger partial charge in [0.1, 0.15) is 18.2 Å². The monoisotopic (exact) mass is 373 g/mol. The summed E-state index contributed by atoms with van der Waals surface area (Å²) in [6.07, 6.45) is 0. The van der Waals surface area contributed by atoms with Crippen molar-refractivity contribution in [1.29, 1.82) is 0 Å². The molecule has 0 saturated carbocycles. The second kappa shape index (κ2) is 6.70. The van der Waals surface area contributed by atoms with Crippen LogP contribution in [0.15, 0.2) is 42.5 Å². The van der Waals surface area contributed by atoms with Crippen LogP contribution in [0.4, 0.5) is 5.13 Å². The fourth-order valence-corrected chi connectivity index (χ4v) is 3.39. The molecule has 0 aliphatic carbocycles. The van der Waals surface area contributed by atoms with Gasteiger partial charge in [0.15, 0.2) is 11.5 Å². The molecule has 0 radical (unpaired) electrons. The summed E-state index contributed by atoms with van der Waals surface area (Å²) >= 11 is 7.47. The highest BCUT2D eigenvalue weighted by Crippen LogP contribution is 2.38. The molecule has 0 bridgehead atoms. The second-order valence-corrected chi connectivity index (χ2v) is 6.60. The maximum Gasteiger partial charge on any atom is 0.257 e. The molecule has 4 rings (SSSR count). The molecule has 0 unspecified atom stereocenters. The molecule has 2 aromatic carbocycles. The molecule has 8 heteroatoms. The molecule has 25 heavy (non-hydrogen) atoms. The quantitative estimate of drug-likeness (QED) is 0.754. The number of hydrogen-bond acceptors (Lipinski definition) is 6. The number of ether oxygens (including phenoxy) is 2. The highest BCUT2D eigenvalue weighted by Gasteiger charge is 2.20. The molecule has 1 N–H and O–H groups in total. The van der Waals surface area contributed by atoms with Crippen molar-refractivity contribution >= 4 is 34.0 Å². The number of hydrogen-bond donors (Lipinski definition) is 1. The number of carbonyl (C=O) groups is 1. The summed E-state index contributed by atoms with van der Waals surface area (Å²) in [5.74, 6) is 0.590. The lowest BCUT2D eigenvalue weighted by atomic mass is 10.2. The van der Waals surface area contributed by atoms with Gasteiger partial charge in [-0.05, 0) is 12.1 Å². The van der Waals surface area contributed by atoms with Gasteiger partial charge in [-0.3, -0.25) is 10.1 Å². The van der Waals surface area contributed by atoms with Crippen molar-refractivity contribution in [3.8, 4) is 22.1 Å². The van der Waals surface area contributed by atoms with Gasteiger partial charge in [0.25, 0.3) is 5.91 Å². The predicted octanol–water partition coefficient (Wildman–Crippen LogP) is 3.88. The average Bonchev–Trinajstić information content (AvgIpc) is 3.11. The maximum atomic E-state index is 12.5. The number of aromatic nitrogens is 2. The van der Waals surface area contributed by atoms with E-state index in [-0.39, 0.29) is 5.91 Å². The zero-order valence-electron chi connectivity index (χ0n) is 12.9. The first-order valence-electron chi connectivity index (χ1n) is 7.50. The van der Waals surface area contributed by atoms with Gasteiger partial charge in [0.05, 0.1) is 5.02 Å². The van der Waals surface area contributed by atoms with Crippen LogP contribution in [-0.2, 0) is 0 Å². The number of halogens is 1. The first-order chi connectivity index (χ1) is 12.2. The molecule has 0 fully saturated rings. The van der Waals surface area contributed by atoms with E-state index in [4.69, 9.17) is 21.1 Å². The molecule has 1 aliphatic heterocycles. The van der Waals surface area contributed by atoms with Crippen LogP contribution >= 0.6 is 22.9 Å². The zero-order chi connectivity index (χ0) is 17.2. The van der Waals surface area contributed by atoms with Crippen molar-refractivity contribution in [2.24, 2.45) is 0 Å². The average molecular weight is 374 g/mol. The highest BCUT2D eigenvalue weighted by atomic mass is 35.5. The molecular weight excluding hydrogens is 362 g/mol. The van der Waals surface area contributed by atoms with E-state index in [1.165, 1.54) is 11.3 Å². The van der Waals surface area contributed by atoms with Gasteiger partial charge in [-0.25, -0.2) is 0 Å². The number of benzene rings is 2. The number of carbonyl (C=O) groups excluding carboxylic acids is 1. The fraction of sp³-hybridized carbons (Fsp3) is 0.118. The van der Waals surface area contributed by atoms with Crippen molar-refractivity contribution in [1.82, 2.24) is 10.2 Å². The van der Waals surface area contributed by atoms with Gasteiger partial charge in [0.2, 0.25) is 5.13 Å². The van der Waals surface area contributed by atoms with E-state index in [9.17, 15) is 4.79 Å². The molecule has 1 amide bonds. The van der Waals surface area contributed by atoms with Gasteiger partial charge < -0.3 is 9.47 Å². The molecule has 0 saturated heterocycles. The number of fused-ring (bicyclic) bond motifs is 1. The molecule has 6 nitrogen and oxygen atoms in total. The minimum Gasteiger partial charge on any atom is -0.486 e. The smallest absolute Gasteiger partial charge is 0.257 e. The highest BCUT2D eigenvalue weighted by molar-refractivity contribution is 7.18. The molecule has 126 valence electrons. The Morgan fingerprint density at radius 3 is 2.76 bits per heavy atom. The molecular formula is C17H12ClN3O3S. The normalized spacial score (nSPS) is 12.7. The van der Waals surface area contributed by atoms with Crippen LogP contribution < -0.4 is 14.8 Å².